The maximum Gasteiger partial charge on any atom is 0.312 e. The predicted molar refractivity (Wildman–Crippen MR) is 86.3 cm³/mol. The third-order valence-electron chi connectivity index (χ3n) is 5.15. The molecule has 1 aliphatic carbocycles. The number of pyridine rings is 1. The summed E-state index contributed by atoms with van der Waals surface area (Å²) >= 11 is 0. The van der Waals surface area contributed by atoms with Gasteiger partial charge >= 0.3 is 5.97 Å². The van der Waals surface area contributed by atoms with E-state index in [2.05, 4.69) is 15.4 Å². The molecule has 2 N–H and O–H groups in total. The Hall–Kier alpha value is -2.74. The molecule has 1 aliphatic heterocycles. The molecule has 2 aromatic heterocycles. The highest BCUT2D eigenvalue weighted by Crippen LogP contribution is 2.52. The molecule has 1 amide bonds. The molecule has 25 heavy (non-hydrogen) atoms. The lowest BCUT2D eigenvalue weighted by molar-refractivity contribution is -0.150. The van der Waals surface area contributed by atoms with Crippen LogP contribution < -0.4 is 5.32 Å². The van der Waals surface area contributed by atoms with Gasteiger partial charge in [-0.25, -0.2) is 9.67 Å². The van der Waals surface area contributed by atoms with Gasteiger partial charge in [0.25, 0.3) is 5.91 Å². The zero-order valence-electron chi connectivity index (χ0n) is 13.5. The number of aromatic nitrogens is 3. The molecule has 0 aromatic carbocycles. The Kier molecular flexibility index (Phi) is 3.57. The zero-order valence-corrected chi connectivity index (χ0v) is 13.5. The number of nitrogens with one attached hydrogen (secondary N) is 1. The number of carboxylic acid groups (broad SMARTS) is 1. The van der Waals surface area contributed by atoms with Gasteiger partial charge in [-0.05, 0) is 37.5 Å². The lowest BCUT2D eigenvalue weighted by Gasteiger charge is -2.27. The molecule has 0 radical (unpaired) electrons. The number of hydrogen-bond acceptors (Lipinski definition) is 5. The van der Waals surface area contributed by atoms with Crippen LogP contribution in [0.2, 0.25) is 0 Å². The van der Waals surface area contributed by atoms with Crippen LogP contribution in [-0.2, 0) is 9.53 Å². The van der Waals surface area contributed by atoms with Crippen molar-refractivity contribution in [1.29, 1.82) is 0 Å². The van der Waals surface area contributed by atoms with Crippen LogP contribution in [0.3, 0.4) is 0 Å². The number of aliphatic carboxylic acids is 1. The van der Waals surface area contributed by atoms with E-state index in [-0.39, 0.29) is 19.1 Å². The molecule has 8 nitrogen and oxygen atoms in total. The van der Waals surface area contributed by atoms with Crippen molar-refractivity contribution in [1.82, 2.24) is 20.1 Å². The highest BCUT2D eigenvalue weighted by atomic mass is 16.5. The van der Waals surface area contributed by atoms with E-state index in [4.69, 9.17) is 4.74 Å². The first-order valence-corrected chi connectivity index (χ1v) is 8.14. The predicted octanol–water partition coefficient (Wildman–Crippen LogP) is 1.02. The topological polar surface area (TPSA) is 106 Å². The summed E-state index contributed by atoms with van der Waals surface area (Å²) in [6, 6.07) is 5.13. The van der Waals surface area contributed by atoms with Gasteiger partial charge in [0.05, 0.1) is 23.2 Å². The Morgan fingerprint density at radius 2 is 2.20 bits per heavy atom. The van der Waals surface area contributed by atoms with Crippen LogP contribution in [0.4, 0.5) is 0 Å². The second kappa shape index (κ2) is 5.66. The summed E-state index contributed by atoms with van der Waals surface area (Å²) in [6.45, 7) is 0.498. The van der Waals surface area contributed by atoms with Crippen molar-refractivity contribution in [3.63, 3.8) is 0 Å². The highest BCUT2D eigenvalue weighted by Gasteiger charge is 2.59. The summed E-state index contributed by atoms with van der Waals surface area (Å²) in [5.41, 5.74) is -0.968. The fraction of sp³-hybridized carbons (Fsp3) is 0.412. The molecular weight excluding hydrogens is 324 g/mol. The lowest BCUT2D eigenvalue weighted by atomic mass is 9.88. The van der Waals surface area contributed by atoms with E-state index in [1.807, 2.05) is 0 Å². The Balaban J connectivity index is 1.49. The first-order chi connectivity index (χ1) is 12.0. The molecule has 2 fully saturated rings. The van der Waals surface area contributed by atoms with E-state index in [0.717, 1.165) is 0 Å². The molecule has 0 spiro atoms. The summed E-state index contributed by atoms with van der Waals surface area (Å²) in [5.74, 6) is -0.649. The van der Waals surface area contributed by atoms with E-state index in [0.29, 0.717) is 30.6 Å². The van der Waals surface area contributed by atoms with Crippen LogP contribution in [0.5, 0.6) is 0 Å². The molecule has 4 rings (SSSR count). The number of carbonyl (C=O) groups excluding carboxylic acids is 1. The SMILES string of the molecule is O=C(NCC12CCC(C(=O)O)(CO1)C2)c1cccnc1-n1cccn1. The minimum absolute atomic E-state index is 0.212. The van der Waals surface area contributed by atoms with Gasteiger partial charge in [-0.15, -0.1) is 0 Å². The molecule has 2 bridgehead atoms. The number of rotatable bonds is 5. The summed E-state index contributed by atoms with van der Waals surface area (Å²) in [6.07, 6.45) is 6.60. The van der Waals surface area contributed by atoms with Crippen molar-refractivity contribution in [3.8, 4) is 5.82 Å². The standard InChI is InChI=1S/C17H18N4O4/c22-14(12-3-1-6-18-13(12)21-8-2-7-20-21)19-10-17-5-4-16(9-17,11-25-17)15(23)24/h1-3,6-8H,4-5,9-11H2,(H,19,22)(H,23,24). The van der Waals surface area contributed by atoms with Gasteiger partial charge in [0.1, 0.15) is 0 Å². The van der Waals surface area contributed by atoms with E-state index < -0.39 is 17.0 Å². The van der Waals surface area contributed by atoms with Gasteiger partial charge in [0.2, 0.25) is 0 Å². The maximum atomic E-state index is 12.6. The van der Waals surface area contributed by atoms with Crippen LogP contribution in [-0.4, -0.2) is 50.5 Å². The van der Waals surface area contributed by atoms with Crippen molar-refractivity contribution in [2.75, 3.05) is 13.2 Å². The summed E-state index contributed by atoms with van der Waals surface area (Å²) in [5, 5.41) is 16.4. The van der Waals surface area contributed by atoms with Crippen LogP contribution in [0, 0.1) is 5.41 Å². The molecule has 2 atom stereocenters. The monoisotopic (exact) mass is 342 g/mol. The molecule has 2 aromatic rings. The van der Waals surface area contributed by atoms with Gasteiger partial charge in [-0.2, -0.15) is 5.10 Å². The summed E-state index contributed by atoms with van der Waals surface area (Å²) in [4.78, 5) is 28.3. The first kappa shape index (κ1) is 15.8. The smallest absolute Gasteiger partial charge is 0.312 e. The minimum Gasteiger partial charge on any atom is -0.481 e. The molecule has 2 aliphatic rings. The van der Waals surface area contributed by atoms with Crippen LogP contribution in [0.1, 0.15) is 29.6 Å². The Labute approximate surface area is 143 Å². The normalized spacial score (nSPS) is 27.4. The molecular formula is C17H18N4O4. The largest absolute Gasteiger partial charge is 0.481 e. The summed E-state index contributed by atoms with van der Waals surface area (Å²) < 4.78 is 7.30. The summed E-state index contributed by atoms with van der Waals surface area (Å²) in [7, 11) is 0. The third-order valence-corrected chi connectivity index (χ3v) is 5.15. The number of carbonyl (C=O) groups is 2. The van der Waals surface area contributed by atoms with Crippen LogP contribution in [0.15, 0.2) is 36.8 Å². The lowest BCUT2D eigenvalue weighted by Crippen LogP contribution is -2.42. The van der Waals surface area contributed by atoms with Gasteiger partial charge in [0, 0.05) is 25.1 Å². The highest BCUT2D eigenvalue weighted by molar-refractivity contribution is 5.97. The molecule has 2 unspecified atom stereocenters. The van der Waals surface area contributed by atoms with Gasteiger partial charge in [-0.3, -0.25) is 9.59 Å². The zero-order chi connectivity index (χ0) is 17.5. The molecule has 1 saturated heterocycles. The van der Waals surface area contributed by atoms with Crippen molar-refractivity contribution in [2.45, 2.75) is 24.9 Å². The average molecular weight is 342 g/mol. The van der Waals surface area contributed by atoms with Crippen LogP contribution in [0.25, 0.3) is 5.82 Å². The van der Waals surface area contributed by atoms with Crippen molar-refractivity contribution >= 4 is 11.9 Å². The molecule has 130 valence electrons. The number of nitrogens with zero attached hydrogens (tertiary/aromatic N) is 3. The molecule has 8 heteroatoms. The van der Waals surface area contributed by atoms with Crippen LogP contribution >= 0.6 is 0 Å². The van der Waals surface area contributed by atoms with Crippen molar-refractivity contribution in [3.05, 3.63) is 42.4 Å². The fourth-order valence-electron chi connectivity index (χ4n) is 3.73. The molecule has 3 heterocycles. The minimum atomic E-state index is -0.813. The van der Waals surface area contributed by atoms with E-state index in [1.54, 1.807) is 36.8 Å². The third kappa shape index (κ3) is 2.58. The number of carboxylic acids is 1. The van der Waals surface area contributed by atoms with E-state index >= 15 is 0 Å². The maximum absolute atomic E-state index is 12.6. The number of ether oxygens (including phenoxy) is 1. The van der Waals surface area contributed by atoms with E-state index in [1.165, 1.54) is 4.68 Å². The quantitative estimate of drug-likeness (QED) is 0.840. The average Bonchev–Trinajstić information content (AvgIpc) is 3.35. The van der Waals surface area contributed by atoms with Crippen molar-refractivity contribution < 1.29 is 19.4 Å². The van der Waals surface area contributed by atoms with E-state index in [9.17, 15) is 14.7 Å². The number of amides is 1. The Bertz CT molecular complexity index is 810. The Morgan fingerprint density at radius 1 is 1.32 bits per heavy atom. The fourth-order valence-corrected chi connectivity index (χ4v) is 3.73. The van der Waals surface area contributed by atoms with Gasteiger partial charge in [-0.1, -0.05) is 0 Å². The number of hydrogen-bond donors (Lipinski definition) is 2. The second-order valence-corrected chi connectivity index (χ2v) is 6.74. The van der Waals surface area contributed by atoms with Gasteiger partial charge < -0.3 is 15.2 Å². The second-order valence-electron chi connectivity index (χ2n) is 6.74. The first-order valence-electron chi connectivity index (χ1n) is 8.14. The van der Waals surface area contributed by atoms with Crippen molar-refractivity contribution in [2.24, 2.45) is 5.41 Å². The Morgan fingerprint density at radius 3 is 2.84 bits per heavy atom. The van der Waals surface area contributed by atoms with Gasteiger partial charge in [0.15, 0.2) is 5.82 Å². The number of fused-ring (bicyclic) bond motifs is 2. The molecule has 1 saturated carbocycles.